The van der Waals surface area contributed by atoms with Crippen molar-refractivity contribution < 1.29 is 18.0 Å². The molecule has 4 atom stereocenters. The number of hydrogen-bond acceptors (Lipinski definition) is 3. The summed E-state index contributed by atoms with van der Waals surface area (Å²) in [6.07, 6.45) is 2.44. The molecule has 0 aliphatic carbocycles. The molecule has 148 valence electrons. The van der Waals surface area contributed by atoms with Crippen LogP contribution in [0.2, 0.25) is 0 Å². The maximum Gasteiger partial charge on any atom is 0.404 e. The van der Waals surface area contributed by atoms with Gasteiger partial charge in [-0.05, 0) is 76.4 Å². The summed E-state index contributed by atoms with van der Waals surface area (Å²) in [5.41, 5.74) is 0. The first-order valence-corrected chi connectivity index (χ1v) is 10.3. The van der Waals surface area contributed by atoms with Gasteiger partial charge in [0, 0.05) is 19.1 Å². The fourth-order valence-corrected chi connectivity index (χ4v) is 5.82. The quantitative estimate of drug-likeness (QED) is 0.808. The van der Waals surface area contributed by atoms with Gasteiger partial charge in [0.2, 0.25) is 5.91 Å². The number of carbonyl (C=O) groups is 1. The standard InChI is InChI=1S/C19H30F3N3O/c20-19(21,22)17-16(18(26)24-9-2-1-3-10-24)15-12-14(6-11-25(15)17)13-4-7-23-8-5-13/h13-17,23H,1-12H2. The second-order valence-corrected chi connectivity index (χ2v) is 8.58. The SMILES string of the molecule is O=C(C1C2CC(C3CCNCC3)CCN2C1C(F)(F)F)N1CCCCC1. The minimum Gasteiger partial charge on any atom is -0.342 e. The molecule has 7 heteroatoms. The number of rotatable bonds is 2. The molecule has 0 aromatic heterocycles. The van der Waals surface area contributed by atoms with Gasteiger partial charge in [0.1, 0.15) is 6.04 Å². The zero-order valence-corrected chi connectivity index (χ0v) is 15.3. The van der Waals surface area contributed by atoms with Gasteiger partial charge in [-0.3, -0.25) is 9.69 Å². The van der Waals surface area contributed by atoms with Crippen LogP contribution in [-0.2, 0) is 4.79 Å². The predicted molar refractivity (Wildman–Crippen MR) is 92.6 cm³/mol. The fourth-order valence-electron chi connectivity index (χ4n) is 5.82. The molecule has 0 radical (unpaired) electrons. The van der Waals surface area contributed by atoms with E-state index in [1.54, 1.807) is 9.80 Å². The number of nitrogens with one attached hydrogen (secondary N) is 1. The highest BCUT2D eigenvalue weighted by Crippen LogP contribution is 2.50. The molecule has 26 heavy (non-hydrogen) atoms. The summed E-state index contributed by atoms with van der Waals surface area (Å²) < 4.78 is 41.0. The molecule has 4 saturated heterocycles. The van der Waals surface area contributed by atoms with Crippen molar-refractivity contribution in [1.82, 2.24) is 15.1 Å². The lowest BCUT2D eigenvalue weighted by atomic mass is 9.67. The summed E-state index contributed by atoms with van der Waals surface area (Å²) in [6.45, 7) is 3.77. The maximum atomic E-state index is 13.7. The summed E-state index contributed by atoms with van der Waals surface area (Å²) in [6, 6.07) is -1.76. The molecule has 4 heterocycles. The van der Waals surface area contributed by atoms with Gasteiger partial charge in [-0.25, -0.2) is 0 Å². The van der Waals surface area contributed by atoms with E-state index >= 15 is 0 Å². The Balaban J connectivity index is 1.49. The first-order valence-electron chi connectivity index (χ1n) is 10.3. The molecule has 0 bridgehead atoms. The minimum atomic E-state index is -4.31. The lowest BCUT2D eigenvalue weighted by Crippen LogP contribution is -2.74. The van der Waals surface area contributed by atoms with Gasteiger partial charge in [-0.1, -0.05) is 0 Å². The van der Waals surface area contributed by atoms with Crippen LogP contribution in [0.4, 0.5) is 13.2 Å². The Hall–Kier alpha value is -0.820. The molecule has 4 unspecified atom stereocenters. The van der Waals surface area contributed by atoms with Crippen molar-refractivity contribution in [2.75, 3.05) is 32.7 Å². The average Bonchev–Trinajstić information content (AvgIpc) is 2.63. The van der Waals surface area contributed by atoms with Gasteiger partial charge in [-0.2, -0.15) is 13.2 Å². The molecule has 4 nitrogen and oxygen atoms in total. The van der Waals surface area contributed by atoms with Crippen LogP contribution in [0, 0.1) is 17.8 Å². The summed E-state index contributed by atoms with van der Waals surface area (Å²) in [4.78, 5) is 16.3. The van der Waals surface area contributed by atoms with E-state index in [9.17, 15) is 18.0 Å². The first kappa shape index (κ1) is 18.5. The van der Waals surface area contributed by atoms with Crippen molar-refractivity contribution in [1.29, 1.82) is 0 Å². The number of likely N-dealkylation sites (tertiary alicyclic amines) is 1. The van der Waals surface area contributed by atoms with Gasteiger partial charge in [-0.15, -0.1) is 0 Å². The lowest BCUT2D eigenvalue weighted by Gasteiger charge is -2.59. The summed E-state index contributed by atoms with van der Waals surface area (Å²) in [7, 11) is 0. The van der Waals surface area contributed by atoms with Gasteiger partial charge in [0.15, 0.2) is 0 Å². The minimum absolute atomic E-state index is 0.204. The Bertz CT molecular complexity index is 515. The molecule has 0 spiro atoms. The van der Waals surface area contributed by atoms with E-state index in [0.717, 1.165) is 58.0 Å². The van der Waals surface area contributed by atoms with Crippen molar-refractivity contribution in [3.05, 3.63) is 0 Å². The number of halogens is 3. The topological polar surface area (TPSA) is 35.6 Å². The van der Waals surface area contributed by atoms with E-state index in [4.69, 9.17) is 0 Å². The molecule has 1 N–H and O–H groups in total. The van der Waals surface area contributed by atoms with Crippen LogP contribution < -0.4 is 5.32 Å². The number of piperidine rings is 3. The lowest BCUT2D eigenvalue weighted by molar-refractivity contribution is -0.261. The van der Waals surface area contributed by atoms with Crippen LogP contribution >= 0.6 is 0 Å². The van der Waals surface area contributed by atoms with Crippen LogP contribution in [0.5, 0.6) is 0 Å². The number of nitrogens with zero attached hydrogens (tertiary/aromatic N) is 2. The molecule has 0 aromatic rings. The Morgan fingerprint density at radius 3 is 2.27 bits per heavy atom. The van der Waals surface area contributed by atoms with E-state index < -0.39 is 18.1 Å². The summed E-state index contributed by atoms with van der Waals surface area (Å²) >= 11 is 0. The van der Waals surface area contributed by atoms with E-state index in [0.29, 0.717) is 31.5 Å². The summed E-state index contributed by atoms with van der Waals surface area (Å²) in [5, 5.41) is 3.36. The molecule has 4 fully saturated rings. The highest BCUT2D eigenvalue weighted by molar-refractivity contribution is 5.82. The molecule has 4 aliphatic rings. The largest absolute Gasteiger partial charge is 0.404 e. The molecule has 4 aliphatic heterocycles. The smallest absolute Gasteiger partial charge is 0.342 e. The van der Waals surface area contributed by atoms with Gasteiger partial charge < -0.3 is 10.2 Å². The average molecular weight is 373 g/mol. The Labute approximate surface area is 153 Å². The van der Waals surface area contributed by atoms with Gasteiger partial charge in [0.25, 0.3) is 0 Å². The van der Waals surface area contributed by atoms with Gasteiger partial charge >= 0.3 is 6.18 Å². The van der Waals surface area contributed by atoms with Crippen LogP contribution in [-0.4, -0.2) is 66.7 Å². The predicted octanol–water partition coefficient (Wildman–Crippen LogP) is 2.64. The zero-order chi connectivity index (χ0) is 18.3. The molecule has 4 rings (SSSR count). The second-order valence-electron chi connectivity index (χ2n) is 8.58. The molecule has 0 saturated carbocycles. The monoisotopic (exact) mass is 373 g/mol. The van der Waals surface area contributed by atoms with E-state index in [2.05, 4.69) is 5.32 Å². The van der Waals surface area contributed by atoms with Crippen molar-refractivity contribution in [3.8, 4) is 0 Å². The first-order chi connectivity index (χ1) is 12.5. The molecule has 0 aromatic carbocycles. The number of carbonyl (C=O) groups excluding carboxylic acids is 1. The highest BCUT2D eigenvalue weighted by atomic mass is 19.4. The second kappa shape index (κ2) is 7.30. The van der Waals surface area contributed by atoms with Crippen LogP contribution in [0.15, 0.2) is 0 Å². The Morgan fingerprint density at radius 1 is 0.923 bits per heavy atom. The number of hydrogen-bond donors (Lipinski definition) is 1. The third-order valence-corrected chi connectivity index (χ3v) is 7.18. The summed E-state index contributed by atoms with van der Waals surface area (Å²) in [5.74, 6) is -0.0323. The maximum absolute atomic E-state index is 13.7. The third-order valence-electron chi connectivity index (χ3n) is 7.18. The number of fused-ring (bicyclic) bond motifs is 1. The van der Waals surface area contributed by atoms with Gasteiger partial charge in [0.05, 0.1) is 5.92 Å². The molecular weight excluding hydrogens is 343 g/mol. The number of alkyl halides is 3. The Morgan fingerprint density at radius 2 is 1.62 bits per heavy atom. The number of amides is 1. The van der Waals surface area contributed by atoms with E-state index in [1.165, 1.54) is 0 Å². The highest BCUT2D eigenvalue weighted by Gasteiger charge is 2.64. The van der Waals surface area contributed by atoms with Crippen LogP contribution in [0.3, 0.4) is 0 Å². The normalized spacial score (nSPS) is 37.1. The Kier molecular flexibility index (Phi) is 5.21. The van der Waals surface area contributed by atoms with Crippen LogP contribution in [0.1, 0.15) is 44.9 Å². The van der Waals surface area contributed by atoms with Crippen LogP contribution in [0.25, 0.3) is 0 Å². The van der Waals surface area contributed by atoms with Crippen molar-refractivity contribution >= 4 is 5.91 Å². The van der Waals surface area contributed by atoms with Crippen molar-refractivity contribution in [2.45, 2.75) is 63.2 Å². The van der Waals surface area contributed by atoms with Crippen molar-refractivity contribution in [3.63, 3.8) is 0 Å². The van der Waals surface area contributed by atoms with E-state index in [-0.39, 0.29) is 11.9 Å². The molecule has 1 amide bonds. The fraction of sp³-hybridized carbons (Fsp3) is 0.947. The zero-order valence-electron chi connectivity index (χ0n) is 15.3. The van der Waals surface area contributed by atoms with E-state index in [1.807, 2.05) is 0 Å². The van der Waals surface area contributed by atoms with Crippen molar-refractivity contribution in [2.24, 2.45) is 17.8 Å². The third kappa shape index (κ3) is 3.37. The molecular formula is C19H30F3N3O.